The number of nitrogens with zero attached hydrogens (tertiary/aromatic N) is 1. The van der Waals surface area contributed by atoms with Crippen LogP contribution in [0.25, 0.3) is 0 Å². The molecule has 1 N–H and O–H groups in total. The van der Waals surface area contributed by atoms with Crippen molar-refractivity contribution in [3.63, 3.8) is 0 Å². The highest BCUT2D eigenvalue weighted by Crippen LogP contribution is 2.19. The van der Waals surface area contributed by atoms with Gasteiger partial charge in [-0.2, -0.15) is 0 Å². The number of pyridine rings is 1. The zero-order valence-electron chi connectivity index (χ0n) is 13.0. The molecule has 5 nitrogen and oxygen atoms in total. The predicted octanol–water partition coefficient (Wildman–Crippen LogP) is 2.52. The van der Waals surface area contributed by atoms with Crippen molar-refractivity contribution < 1.29 is 14.2 Å². The van der Waals surface area contributed by atoms with Gasteiger partial charge in [-0.05, 0) is 18.0 Å². The minimum atomic E-state index is 0.456. The Morgan fingerprint density at radius 2 is 2.00 bits per heavy atom. The molecule has 0 atom stereocenters. The Morgan fingerprint density at radius 3 is 2.71 bits per heavy atom. The van der Waals surface area contributed by atoms with Crippen LogP contribution >= 0.6 is 11.6 Å². The van der Waals surface area contributed by atoms with Gasteiger partial charge >= 0.3 is 0 Å². The molecule has 0 spiro atoms. The number of rotatable bonds is 11. The molecule has 0 aliphatic heterocycles. The van der Waals surface area contributed by atoms with Crippen molar-refractivity contribution in [1.29, 1.82) is 0 Å². The second-order valence-corrected chi connectivity index (χ2v) is 5.50. The quantitative estimate of drug-likeness (QED) is 0.636. The number of hydrogen-bond acceptors (Lipinski definition) is 5. The van der Waals surface area contributed by atoms with Crippen LogP contribution in [0.2, 0.25) is 5.02 Å². The van der Waals surface area contributed by atoms with Crippen LogP contribution in [0.4, 0.5) is 0 Å². The Balaban J connectivity index is 2.34. The minimum absolute atomic E-state index is 0.456. The molecule has 0 aliphatic carbocycles. The monoisotopic (exact) mass is 316 g/mol. The van der Waals surface area contributed by atoms with Crippen molar-refractivity contribution in [2.24, 2.45) is 5.92 Å². The van der Waals surface area contributed by atoms with Crippen molar-refractivity contribution in [3.8, 4) is 5.88 Å². The van der Waals surface area contributed by atoms with Gasteiger partial charge in [-0.15, -0.1) is 0 Å². The number of aromatic nitrogens is 1. The average Bonchev–Trinajstić information content (AvgIpc) is 2.45. The number of hydrogen-bond donors (Lipinski definition) is 1. The molecule has 1 aromatic rings. The summed E-state index contributed by atoms with van der Waals surface area (Å²) in [5, 5.41) is 4.00. The van der Waals surface area contributed by atoms with E-state index >= 15 is 0 Å². The van der Waals surface area contributed by atoms with Crippen LogP contribution in [-0.4, -0.2) is 45.1 Å². The maximum atomic E-state index is 6.13. The lowest BCUT2D eigenvalue weighted by molar-refractivity contribution is 0.0536. The Kier molecular flexibility index (Phi) is 9.34. The Morgan fingerprint density at radius 1 is 1.24 bits per heavy atom. The van der Waals surface area contributed by atoms with E-state index in [0.29, 0.717) is 49.8 Å². The summed E-state index contributed by atoms with van der Waals surface area (Å²) in [5.74, 6) is 1.17. The molecule has 0 saturated carbocycles. The van der Waals surface area contributed by atoms with Crippen LogP contribution < -0.4 is 10.1 Å². The van der Waals surface area contributed by atoms with Crippen LogP contribution in [0.5, 0.6) is 5.88 Å². The van der Waals surface area contributed by atoms with Crippen molar-refractivity contribution in [2.75, 3.05) is 40.1 Å². The van der Waals surface area contributed by atoms with Gasteiger partial charge in [0.25, 0.3) is 0 Å². The molecule has 120 valence electrons. The third-order valence-electron chi connectivity index (χ3n) is 2.69. The van der Waals surface area contributed by atoms with Gasteiger partial charge in [0.15, 0.2) is 0 Å². The molecule has 0 bridgehead atoms. The first-order chi connectivity index (χ1) is 10.1. The lowest BCUT2D eigenvalue weighted by atomic mass is 10.2. The van der Waals surface area contributed by atoms with E-state index in [1.165, 1.54) is 0 Å². The van der Waals surface area contributed by atoms with Crippen LogP contribution in [0.1, 0.15) is 19.4 Å². The first kappa shape index (κ1) is 18.2. The van der Waals surface area contributed by atoms with Gasteiger partial charge in [0.05, 0.1) is 24.8 Å². The molecular weight excluding hydrogens is 292 g/mol. The summed E-state index contributed by atoms with van der Waals surface area (Å²) < 4.78 is 15.8. The van der Waals surface area contributed by atoms with E-state index in [1.807, 2.05) is 6.07 Å². The molecule has 0 unspecified atom stereocenters. The maximum absolute atomic E-state index is 6.13. The summed E-state index contributed by atoms with van der Waals surface area (Å²) in [5.41, 5.74) is 0.989. The lowest BCUT2D eigenvalue weighted by Crippen LogP contribution is -2.19. The molecule has 1 rings (SSSR count). The smallest absolute Gasteiger partial charge is 0.213 e. The van der Waals surface area contributed by atoms with Gasteiger partial charge in [-0.25, -0.2) is 4.98 Å². The average molecular weight is 317 g/mol. The molecule has 0 radical (unpaired) electrons. The molecule has 1 aromatic heterocycles. The first-order valence-electron chi connectivity index (χ1n) is 7.18. The van der Waals surface area contributed by atoms with Crippen LogP contribution in [0.3, 0.4) is 0 Å². The number of halogens is 1. The van der Waals surface area contributed by atoms with Gasteiger partial charge in [-0.3, -0.25) is 0 Å². The molecule has 1 heterocycles. The minimum Gasteiger partial charge on any atom is -0.475 e. The van der Waals surface area contributed by atoms with E-state index in [-0.39, 0.29) is 0 Å². The third kappa shape index (κ3) is 8.21. The molecule has 0 fully saturated rings. The van der Waals surface area contributed by atoms with E-state index in [1.54, 1.807) is 13.3 Å². The Hall–Kier alpha value is -0.880. The second kappa shape index (κ2) is 10.8. The van der Waals surface area contributed by atoms with Crippen molar-refractivity contribution in [3.05, 3.63) is 22.8 Å². The van der Waals surface area contributed by atoms with Crippen molar-refractivity contribution in [1.82, 2.24) is 10.3 Å². The summed E-state index contributed by atoms with van der Waals surface area (Å²) in [4.78, 5) is 4.15. The highest BCUT2D eigenvalue weighted by molar-refractivity contribution is 6.31. The molecule has 6 heteroatoms. The summed E-state index contributed by atoms with van der Waals surface area (Å²) in [6, 6.07) is 1.87. The fourth-order valence-corrected chi connectivity index (χ4v) is 1.79. The van der Waals surface area contributed by atoms with Gasteiger partial charge in [-0.1, -0.05) is 25.4 Å². The largest absolute Gasteiger partial charge is 0.475 e. The summed E-state index contributed by atoms with van der Waals surface area (Å²) in [6.45, 7) is 8.11. The van der Waals surface area contributed by atoms with Crippen LogP contribution in [-0.2, 0) is 16.0 Å². The van der Waals surface area contributed by atoms with Gasteiger partial charge < -0.3 is 19.5 Å². The van der Waals surface area contributed by atoms with Crippen LogP contribution in [0, 0.1) is 5.92 Å². The zero-order chi connectivity index (χ0) is 15.5. The van der Waals surface area contributed by atoms with Gasteiger partial charge in [0.2, 0.25) is 5.88 Å². The number of nitrogens with one attached hydrogen (secondary N) is 1. The lowest BCUT2D eigenvalue weighted by Gasteiger charge is -2.11. The predicted molar refractivity (Wildman–Crippen MR) is 84.0 cm³/mol. The molecule has 0 aliphatic rings. The molecule has 21 heavy (non-hydrogen) atoms. The highest BCUT2D eigenvalue weighted by atomic mass is 35.5. The SMILES string of the molecule is COCCOCCOc1cc(CNCC(C)C)c(Cl)cn1. The summed E-state index contributed by atoms with van der Waals surface area (Å²) >= 11 is 6.13. The standard InChI is InChI=1S/C15H25ClN2O3/c1-12(2)9-17-10-13-8-15(18-11-14(13)16)21-7-6-20-5-4-19-3/h8,11-12,17H,4-7,9-10H2,1-3H3. The molecule has 0 aromatic carbocycles. The molecule has 0 amide bonds. The van der Waals surface area contributed by atoms with Crippen molar-refractivity contribution >= 4 is 11.6 Å². The van der Waals surface area contributed by atoms with Gasteiger partial charge in [0, 0.05) is 25.9 Å². The summed E-state index contributed by atoms with van der Waals surface area (Å²) in [6.07, 6.45) is 1.62. The van der Waals surface area contributed by atoms with Gasteiger partial charge in [0.1, 0.15) is 6.61 Å². The van der Waals surface area contributed by atoms with Crippen LogP contribution in [0.15, 0.2) is 12.3 Å². The third-order valence-corrected chi connectivity index (χ3v) is 3.03. The zero-order valence-corrected chi connectivity index (χ0v) is 13.8. The Labute approximate surface area is 131 Å². The fraction of sp³-hybridized carbons (Fsp3) is 0.667. The maximum Gasteiger partial charge on any atom is 0.213 e. The van der Waals surface area contributed by atoms with E-state index in [9.17, 15) is 0 Å². The van der Waals surface area contributed by atoms with Crippen molar-refractivity contribution in [2.45, 2.75) is 20.4 Å². The topological polar surface area (TPSA) is 52.6 Å². The van der Waals surface area contributed by atoms with E-state index in [2.05, 4.69) is 24.1 Å². The molecular formula is C15H25ClN2O3. The van der Waals surface area contributed by atoms with E-state index < -0.39 is 0 Å². The normalized spacial score (nSPS) is 11.1. The van der Waals surface area contributed by atoms with E-state index in [4.69, 9.17) is 25.8 Å². The Bertz CT molecular complexity index is 403. The highest BCUT2D eigenvalue weighted by Gasteiger charge is 2.05. The first-order valence-corrected chi connectivity index (χ1v) is 7.56. The summed E-state index contributed by atoms with van der Waals surface area (Å²) in [7, 11) is 1.65. The fourth-order valence-electron chi connectivity index (χ4n) is 1.62. The second-order valence-electron chi connectivity index (χ2n) is 5.09. The molecule has 0 saturated heterocycles. The number of ether oxygens (including phenoxy) is 3. The van der Waals surface area contributed by atoms with E-state index in [0.717, 1.165) is 12.1 Å². The number of methoxy groups -OCH3 is 1.